The van der Waals surface area contributed by atoms with Gasteiger partial charge >= 0.3 is 11.9 Å². The number of fused-ring (bicyclic) bond motifs is 5. The van der Waals surface area contributed by atoms with Crippen LogP contribution in [0.3, 0.4) is 0 Å². The molecule has 0 spiro atoms. The van der Waals surface area contributed by atoms with Gasteiger partial charge in [0, 0.05) is 11.6 Å². The minimum atomic E-state index is -0.981. The lowest BCUT2D eigenvalue weighted by Gasteiger charge is -2.40. The topological polar surface area (TPSA) is 115 Å². The van der Waals surface area contributed by atoms with E-state index in [-0.39, 0.29) is 5.57 Å². The molecule has 3 fully saturated rings. The quantitative estimate of drug-likeness (QED) is 0.577. The van der Waals surface area contributed by atoms with Gasteiger partial charge < -0.3 is 20.4 Å². The van der Waals surface area contributed by atoms with Gasteiger partial charge in [-0.3, -0.25) is 0 Å². The summed E-state index contributed by atoms with van der Waals surface area (Å²) in [4.78, 5) is 18.8. The second-order valence-corrected chi connectivity index (χ2v) is 6.59. The van der Waals surface area contributed by atoms with Crippen LogP contribution < -0.4 is 0 Å². The standard InChI is InChI=1S/C10H16O2.C4H6O2.C3H4O2/c11-9-5-3-7(6-9)8-2-1-4-10(8,9)12;1-3(2)4(5)6;1-2-3(4)5/h7-8,11-12H,1-6H2;1H2,2H3,(H,5,6);2H,1H2,(H,4,5). The summed E-state index contributed by atoms with van der Waals surface area (Å²) in [5.74, 6) is -0.862. The normalized spacial score (nSPS) is 36.0. The monoisotopic (exact) mass is 326 g/mol. The maximum Gasteiger partial charge on any atom is 0.330 e. The summed E-state index contributed by atoms with van der Waals surface area (Å²) in [7, 11) is 0. The first-order valence-electron chi connectivity index (χ1n) is 7.76. The lowest BCUT2D eigenvalue weighted by molar-refractivity contribution is -0.150. The summed E-state index contributed by atoms with van der Waals surface area (Å²) in [6.45, 7) is 7.56. The maximum absolute atomic E-state index is 10.3. The molecule has 4 N–H and O–H groups in total. The van der Waals surface area contributed by atoms with Crippen LogP contribution in [0.5, 0.6) is 0 Å². The van der Waals surface area contributed by atoms with Crippen LogP contribution in [0.25, 0.3) is 0 Å². The first kappa shape index (κ1) is 19.4. The summed E-state index contributed by atoms with van der Waals surface area (Å²) in [6, 6.07) is 0. The fourth-order valence-electron chi connectivity index (χ4n) is 4.02. The number of rotatable bonds is 2. The van der Waals surface area contributed by atoms with Crippen LogP contribution in [-0.4, -0.2) is 43.6 Å². The molecule has 130 valence electrons. The lowest BCUT2D eigenvalue weighted by atomic mass is 9.75. The van der Waals surface area contributed by atoms with Crippen LogP contribution in [0.15, 0.2) is 24.8 Å². The average Bonchev–Trinajstić information content (AvgIpc) is 3.09. The summed E-state index contributed by atoms with van der Waals surface area (Å²) in [6.07, 6.45) is 6.77. The molecular formula is C17H26O6. The first-order chi connectivity index (χ1) is 10.6. The minimum absolute atomic E-state index is 0.176. The summed E-state index contributed by atoms with van der Waals surface area (Å²) in [5.41, 5.74) is -1.20. The third-order valence-corrected chi connectivity index (χ3v) is 5.13. The van der Waals surface area contributed by atoms with Crippen LogP contribution in [0.1, 0.15) is 45.4 Å². The first-order valence-corrected chi connectivity index (χ1v) is 7.76. The van der Waals surface area contributed by atoms with Gasteiger partial charge in [0.25, 0.3) is 0 Å². The smallest absolute Gasteiger partial charge is 0.330 e. The van der Waals surface area contributed by atoms with Gasteiger partial charge in [0.2, 0.25) is 0 Å². The molecule has 0 aromatic rings. The Morgan fingerprint density at radius 3 is 2.09 bits per heavy atom. The molecule has 6 nitrogen and oxygen atoms in total. The van der Waals surface area contributed by atoms with Crippen LogP contribution in [0, 0.1) is 11.8 Å². The molecular weight excluding hydrogens is 300 g/mol. The molecule has 0 amide bonds. The molecule has 2 bridgehead atoms. The Labute approximate surface area is 136 Å². The van der Waals surface area contributed by atoms with E-state index in [4.69, 9.17) is 10.2 Å². The lowest BCUT2D eigenvalue weighted by Crippen LogP contribution is -2.52. The number of hydrogen-bond acceptors (Lipinski definition) is 4. The Bertz CT molecular complexity index is 487. The Balaban J connectivity index is 0.000000206. The van der Waals surface area contributed by atoms with E-state index in [2.05, 4.69) is 13.2 Å². The molecule has 3 aliphatic rings. The molecule has 3 aliphatic carbocycles. The number of carbonyl (C=O) groups is 2. The Kier molecular flexibility index (Phi) is 6.13. The molecule has 4 atom stereocenters. The van der Waals surface area contributed by atoms with Gasteiger partial charge in [-0.25, -0.2) is 9.59 Å². The molecule has 3 rings (SSSR count). The Hall–Kier alpha value is -1.66. The van der Waals surface area contributed by atoms with Gasteiger partial charge in [-0.1, -0.05) is 19.6 Å². The molecule has 0 aromatic heterocycles. The number of aliphatic hydroxyl groups is 2. The third-order valence-electron chi connectivity index (χ3n) is 5.13. The van der Waals surface area contributed by atoms with Crippen molar-refractivity contribution in [1.29, 1.82) is 0 Å². The predicted molar refractivity (Wildman–Crippen MR) is 84.9 cm³/mol. The van der Waals surface area contributed by atoms with Crippen molar-refractivity contribution in [2.24, 2.45) is 11.8 Å². The largest absolute Gasteiger partial charge is 0.478 e. The van der Waals surface area contributed by atoms with E-state index < -0.39 is 23.1 Å². The highest BCUT2D eigenvalue weighted by atomic mass is 16.4. The molecule has 0 aliphatic heterocycles. The maximum atomic E-state index is 10.3. The molecule has 3 saturated carbocycles. The van der Waals surface area contributed by atoms with Gasteiger partial charge in [-0.2, -0.15) is 0 Å². The highest BCUT2D eigenvalue weighted by molar-refractivity contribution is 5.84. The molecule has 6 heteroatoms. The molecule has 0 saturated heterocycles. The van der Waals surface area contributed by atoms with Gasteiger partial charge in [0.1, 0.15) is 0 Å². The second-order valence-electron chi connectivity index (χ2n) is 6.59. The van der Waals surface area contributed by atoms with Crippen molar-refractivity contribution in [2.45, 2.75) is 56.7 Å². The van der Waals surface area contributed by atoms with Crippen molar-refractivity contribution in [3.05, 3.63) is 24.8 Å². The second kappa shape index (κ2) is 7.27. The van der Waals surface area contributed by atoms with E-state index in [0.717, 1.165) is 44.6 Å². The fourth-order valence-corrected chi connectivity index (χ4v) is 4.02. The minimum Gasteiger partial charge on any atom is -0.478 e. The van der Waals surface area contributed by atoms with Crippen LogP contribution in [-0.2, 0) is 9.59 Å². The van der Waals surface area contributed by atoms with Gasteiger partial charge in [-0.15, -0.1) is 0 Å². The summed E-state index contributed by atoms with van der Waals surface area (Å²) >= 11 is 0. The van der Waals surface area contributed by atoms with Crippen LogP contribution >= 0.6 is 0 Å². The van der Waals surface area contributed by atoms with Gasteiger partial charge in [-0.05, 0) is 50.9 Å². The Morgan fingerprint density at radius 2 is 1.70 bits per heavy atom. The Morgan fingerprint density at radius 1 is 1.17 bits per heavy atom. The van der Waals surface area contributed by atoms with Gasteiger partial charge in [0.05, 0.1) is 11.2 Å². The molecule has 4 unspecified atom stereocenters. The van der Waals surface area contributed by atoms with Gasteiger partial charge in [0.15, 0.2) is 0 Å². The van der Waals surface area contributed by atoms with Crippen molar-refractivity contribution in [2.75, 3.05) is 0 Å². The number of aliphatic carboxylic acids is 2. The fraction of sp³-hybridized carbons (Fsp3) is 0.647. The zero-order valence-corrected chi connectivity index (χ0v) is 13.5. The van der Waals surface area contributed by atoms with E-state index in [0.29, 0.717) is 11.8 Å². The zero-order valence-electron chi connectivity index (χ0n) is 13.5. The van der Waals surface area contributed by atoms with Crippen molar-refractivity contribution in [1.82, 2.24) is 0 Å². The van der Waals surface area contributed by atoms with Crippen LogP contribution in [0.4, 0.5) is 0 Å². The number of carboxylic acid groups (broad SMARTS) is 2. The summed E-state index contributed by atoms with van der Waals surface area (Å²) < 4.78 is 0. The average molecular weight is 326 g/mol. The van der Waals surface area contributed by atoms with E-state index in [1.807, 2.05) is 0 Å². The number of hydrogen-bond donors (Lipinski definition) is 4. The van der Waals surface area contributed by atoms with Crippen LogP contribution in [0.2, 0.25) is 0 Å². The molecule has 0 aromatic carbocycles. The van der Waals surface area contributed by atoms with E-state index in [9.17, 15) is 19.8 Å². The zero-order chi connectivity index (χ0) is 17.8. The summed E-state index contributed by atoms with van der Waals surface area (Å²) in [5, 5.41) is 36.0. The molecule has 0 radical (unpaired) electrons. The SMILES string of the molecule is C=C(C)C(=O)O.C=CC(=O)O.OC12CCC(C1)C1CCCC12O. The van der Waals surface area contributed by atoms with E-state index >= 15 is 0 Å². The molecule has 23 heavy (non-hydrogen) atoms. The van der Waals surface area contributed by atoms with Crippen molar-refractivity contribution >= 4 is 11.9 Å². The van der Waals surface area contributed by atoms with Crippen molar-refractivity contribution < 1.29 is 30.0 Å². The highest BCUT2D eigenvalue weighted by Crippen LogP contribution is 2.63. The third kappa shape index (κ3) is 4.00. The number of carboxylic acids is 2. The van der Waals surface area contributed by atoms with Crippen molar-refractivity contribution in [3.8, 4) is 0 Å². The van der Waals surface area contributed by atoms with Crippen molar-refractivity contribution in [3.63, 3.8) is 0 Å². The van der Waals surface area contributed by atoms with E-state index in [1.54, 1.807) is 0 Å². The van der Waals surface area contributed by atoms with E-state index in [1.165, 1.54) is 6.92 Å². The molecule has 0 heterocycles. The predicted octanol–water partition coefficient (Wildman–Crippen LogP) is 1.97. The highest BCUT2D eigenvalue weighted by Gasteiger charge is 2.67.